The molecule has 3 heteroatoms. The number of rotatable bonds is 10. The summed E-state index contributed by atoms with van der Waals surface area (Å²) in [7, 11) is 1.73. The van der Waals surface area contributed by atoms with Gasteiger partial charge in [0.25, 0.3) is 0 Å². The number of Topliss-reactive ketones (excluding diaryl/α,β-unsaturated/α-hetero) is 1. The Labute approximate surface area is 100 Å². The lowest BCUT2D eigenvalue weighted by Crippen LogP contribution is -2.36. The van der Waals surface area contributed by atoms with Crippen molar-refractivity contribution in [1.29, 1.82) is 0 Å². The molecule has 0 aromatic heterocycles. The molecule has 3 nitrogen and oxygen atoms in total. The number of ether oxygens (including phenoxy) is 1. The Morgan fingerprint density at radius 3 is 2.50 bits per heavy atom. The molecule has 0 aromatic carbocycles. The van der Waals surface area contributed by atoms with Crippen molar-refractivity contribution < 1.29 is 9.53 Å². The highest BCUT2D eigenvalue weighted by Crippen LogP contribution is 2.06. The zero-order valence-corrected chi connectivity index (χ0v) is 11.3. The molecule has 0 bridgehead atoms. The molecular formula is C13H27NO2. The van der Waals surface area contributed by atoms with Gasteiger partial charge in [0.1, 0.15) is 5.78 Å². The minimum atomic E-state index is 0.371. The van der Waals surface area contributed by atoms with Crippen LogP contribution in [-0.4, -0.2) is 43.5 Å². The first-order chi connectivity index (χ1) is 7.65. The Hall–Kier alpha value is -0.410. The third kappa shape index (κ3) is 6.96. The molecule has 1 unspecified atom stereocenters. The summed E-state index contributed by atoms with van der Waals surface area (Å²) < 4.78 is 5.11. The van der Waals surface area contributed by atoms with E-state index in [0.29, 0.717) is 18.2 Å². The second kappa shape index (κ2) is 9.79. The summed E-state index contributed by atoms with van der Waals surface area (Å²) in [5, 5.41) is 0. The number of carbonyl (C=O) groups is 1. The van der Waals surface area contributed by atoms with E-state index in [1.54, 1.807) is 7.11 Å². The average Bonchev–Trinajstić information content (AvgIpc) is 2.32. The highest BCUT2D eigenvalue weighted by atomic mass is 16.5. The second-order valence-corrected chi connectivity index (χ2v) is 4.28. The molecule has 16 heavy (non-hydrogen) atoms. The highest BCUT2D eigenvalue weighted by molar-refractivity contribution is 5.77. The van der Waals surface area contributed by atoms with Crippen molar-refractivity contribution in [2.24, 2.45) is 0 Å². The summed E-state index contributed by atoms with van der Waals surface area (Å²) in [4.78, 5) is 13.6. The highest BCUT2D eigenvalue weighted by Gasteiger charge is 2.11. The predicted molar refractivity (Wildman–Crippen MR) is 67.7 cm³/mol. The molecule has 0 heterocycles. The molecule has 0 spiro atoms. The van der Waals surface area contributed by atoms with Gasteiger partial charge in [0.15, 0.2) is 0 Å². The van der Waals surface area contributed by atoms with Crippen molar-refractivity contribution in [3.05, 3.63) is 0 Å². The van der Waals surface area contributed by atoms with Gasteiger partial charge in [-0.1, -0.05) is 13.8 Å². The van der Waals surface area contributed by atoms with Gasteiger partial charge in [0.2, 0.25) is 0 Å². The van der Waals surface area contributed by atoms with Crippen LogP contribution in [-0.2, 0) is 9.53 Å². The molecule has 96 valence electrons. The van der Waals surface area contributed by atoms with E-state index >= 15 is 0 Å². The topological polar surface area (TPSA) is 29.5 Å². The van der Waals surface area contributed by atoms with E-state index in [1.165, 1.54) is 0 Å². The van der Waals surface area contributed by atoms with Crippen LogP contribution in [0.15, 0.2) is 0 Å². The van der Waals surface area contributed by atoms with E-state index in [0.717, 1.165) is 39.0 Å². The van der Waals surface area contributed by atoms with Gasteiger partial charge in [0.05, 0.1) is 6.61 Å². The largest absolute Gasteiger partial charge is 0.383 e. The molecule has 0 aliphatic heterocycles. The molecule has 0 saturated heterocycles. The summed E-state index contributed by atoms with van der Waals surface area (Å²) in [5.74, 6) is 0.371. The van der Waals surface area contributed by atoms with E-state index in [4.69, 9.17) is 4.74 Å². The summed E-state index contributed by atoms with van der Waals surface area (Å²) in [6, 6.07) is 0.576. The molecule has 0 saturated carbocycles. The Morgan fingerprint density at radius 1 is 1.31 bits per heavy atom. The van der Waals surface area contributed by atoms with Crippen LogP contribution in [0.4, 0.5) is 0 Å². The zero-order valence-electron chi connectivity index (χ0n) is 11.3. The first-order valence-corrected chi connectivity index (χ1v) is 6.40. The van der Waals surface area contributed by atoms with Crippen LogP contribution < -0.4 is 0 Å². The van der Waals surface area contributed by atoms with E-state index in [-0.39, 0.29) is 0 Å². The van der Waals surface area contributed by atoms with Crippen molar-refractivity contribution in [3.8, 4) is 0 Å². The normalized spacial score (nSPS) is 13.1. The first kappa shape index (κ1) is 15.6. The van der Waals surface area contributed by atoms with Gasteiger partial charge in [0, 0.05) is 32.5 Å². The molecule has 0 radical (unpaired) electrons. The number of methoxy groups -OCH3 is 1. The molecule has 0 fully saturated rings. The van der Waals surface area contributed by atoms with Crippen LogP contribution in [0.25, 0.3) is 0 Å². The van der Waals surface area contributed by atoms with E-state index in [2.05, 4.69) is 18.7 Å². The van der Waals surface area contributed by atoms with Gasteiger partial charge in [-0.2, -0.15) is 0 Å². The lowest BCUT2D eigenvalue weighted by Gasteiger charge is -2.27. The molecule has 0 aliphatic carbocycles. The number of nitrogens with zero attached hydrogens (tertiary/aromatic N) is 1. The van der Waals surface area contributed by atoms with Gasteiger partial charge in [-0.3, -0.25) is 9.69 Å². The Morgan fingerprint density at radius 2 is 2.00 bits per heavy atom. The Kier molecular flexibility index (Phi) is 9.54. The van der Waals surface area contributed by atoms with Crippen molar-refractivity contribution in [1.82, 2.24) is 4.90 Å². The van der Waals surface area contributed by atoms with Crippen molar-refractivity contribution in [3.63, 3.8) is 0 Å². The second-order valence-electron chi connectivity index (χ2n) is 4.28. The third-order valence-electron chi connectivity index (χ3n) is 3.09. The molecule has 0 aromatic rings. The van der Waals surface area contributed by atoms with Crippen LogP contribution >= 0.6 is 0 Å². The van der Waals surface area contributed by atoms with E-state index in [9.17, 15) is 4.79 Å². The maximum atomic E-state index is 11.2. The van der Waals surface area contributed by atoms with E-state index < -0.39 is 0 Å². The number of hydrogen-bond donors (Lipinski definition) is 0. The van der Waals surface area contributed by atoms with Crippen LogP contribution in [0.2, 0.25) is 0 Å². The lowest BCUT2D eigenvalue weighted by atomic mass is 10.1. The average molecular weight is 229 g/mol. The molecule has 0 amide bonds. The van der Waals surface area contributed by atoms with Crippen molar-refractivity contribution in [2.75, 3.05) is 26.8 Å². The van der Waals surface area contributed by atoms with Crippen LogP contribution in [0, 0.1) is 0 Å². The fourth-order valence-electron chi connectivity index (χ4n) is 1.68. The monoisotopic (exact) mass is 229 g/mol. The zero-order chi connectivity index (χ0) is 12.4. The number of ketones is 1. The van der Waals surface area contributed by atoms with Gasteiger partial charge in [-0.25, -0.2) is 0 Å². The van der Waals surface area contributed by atoms with Gasteiger partial charge in [-0.15, -0.1) is 0 Å². The van der Waals surface area contributed by atoms with Crippen LogP contribution in [0.1, 0.15) is 46.5 Å². The van der Waals surface area contributed by atoms with Gasteiger partial charge < -0.3 is 4.74 Å². The van der Waals surface area contributed by atoms with Crippen molar-refractivity contribution >= 4 is 5.78 Å². The van der Waals surface area contributed by atoms with Crippen LogP contribution in [0.5, 0.6) is 0 Å². The maximum absolute atomic E-state index is 11.2. The minimum Gasteiger partial charge on any atom is -0.383 e. The minimum absolute atomic E-state index is 0.371. The smallest absolute Gasteiger partial charge is 0.132 e. The Bertz CT molecular complexity index is 183. The quantitative estimate of drug-likeness (QED) is 0.576. The first-order valence-electron chi connectivity index (χ1n) is 6.40. The summed E-state index contributed by atoms with van der Waals surface area (Å²) >= 11 is 0. The molecule has 1 atom stereocenters. The van der Waals surface area contributed by atoms with Crippen molar-refractivity contribution in [2.45, 2.75) is 52.5 Å². The third-order valence-corrected chi connectivity index (χ3v) is 3.09. The number of carbonyl (C=O) groups excluding carboxylic acids is 1. The SMILES string of the molecule is CCC(=O)CCCN(CCOC)C(C)CC. The maximum Gasteiger partial charge on any atom is 0.132 e. The lowest BCUT2D eigenvalue weighted by molar-refractivity contribution is -0.118. The van der Waals surface area contributed by atoms with Crippen LogP contribution in [0.3, 0.4) is 0 Å². The number of hydrogen-bond acceptors (Lipinski definition) is 3. The molecule has 0 aliphatic rings. The summed E-state index contributed by atoms with van der Waals surface area (Å²) in [6.45, 7) is 9.10. The molecule has 0 rings (SSSR count). The Balaban J connectivity index is 3.86. The standard InChI is InChI=1S/C13H27NO2/c1-5-12(3)14(10-11-16-4)9-7-8-13(15)6-2/h12H,5-11H2,1-4H3. The summed E-state index contributed by atoms with van der Waals surface area (Å²) in [5.41, 5.74) is 0. The predicted octanol–water partition coefficient (Wildman–Crippen LogP) is 2.49. The molecule has 0 N–H and O–H groups in total. The fourth-order valence-corrected chi connectivity index (χ4v) is 1.68. The van der Waals surface area contributed by atoms with E-state index in [1.807, 2.05) is 6.92 Å². The van der Waals surface area contributed by atoms with Gasteiger partial charge >= 0.3 is 0 Å². The van der Waals surface area contributed by atoms with Gasteiger partial charge in [-0.05, 0) is 26.3 Å². The summed E-state index contributed by atoms with van der Waals surface area (Å²) in [6.07, 6.45) is 3.50. The molecular weight excluding hydrogens is 202 g/mol. The fraction of sp³-hybridized carbons (Fsp3) is 0.923.